The lowest BCUT2D eigenvalue weighted by Gasteiger charge is -2.29. The molecule has 4 N–H and O–H groups in total. The Labute approximate surface area is 120 Å². The molecular weight excluding hydrogens is 256 g/mol. The van der Waals surface area contributed by atoms with Gasteiger partial charge in [0.05, 0.1) is 6.54 Å². The Kier molecular flexibility index (Phi) is 5.79. The maximum atomic E-state index is 11.7. The van der Waals surface area contributed by atoms with Crippen LogP contribution in [-0.4, -0.2) is 55.0 Å². The second-order valence-electron chi connectivity index (χ2n) is 5.91. The number of likely N-dealkylation sites (tertiary alicyclic amines) is 1. The second kappa shape index (κ2) is 7.59. The predicted molar refractivity (Wildman–Crippen MR) is 77.1 cm³/mol. The minimum Gasteiger partial charge on any atom is -0.355 e. The Morgan fingerprint density at radius 1 is 1.10 bits per heavy atom. The smallest absolute Gasteiger partial charge is 0.234 e. The molecule has 0 aromatic heterocycles. The number of hydrogen-bond donors (Lipinski definition) is 3. The number of nitrogens with two attached hydrogens (primary N) is 1. The zero-order chi connectivity index (χ0) is 14.4. The SMILES string of the molecule is NC1CCN(CC(=O)NCCCC(=O)NC2CC2)CC1. The summed E-state index contributed by atoms with van der Waals surface area (Å²) in [5.74, 6) is 0.148. The number of hydrogen-bond acceptors (Lipinski definition) is 4. The van der Waals surface area contributed by atoms with E-state index in [0.717, 1.165) is 38.8 Å². The molecule has 6 nitrogen and oxygen atoms in total. The van der Waals surface area contributed by atoms with Crippen LogP contribution in [0.5, 0.6) is 0 Å². The van der Waals surface area contributed by atoms with Crippen molar-refractivity contribution in [3.63, 3.8) is 0 Å². The van der Waals surface area contributed by atoms with Crippen LogP contribution in [-0.2, 0) is 9.59 Å². The van der Waals surface area contributed by atoms with E-state index >= 15 is 0 Å². The van der Waals surface area contributed by atoms with Crippen LogP contribution < -0.4 is 16.4 Å². The van der Waals surface area contributed by atoms with E-state index in [0.29, 0.717) is 38.0 Å². The quantitative estimate of drug-likeness (QED) is 0.554. The van der Waals surface area contributed by atoms with Crippen molar-refractivity contribution in [2.75, 3.05) is 26.2 Å². The van der Waals surface area contributed by atoms with Gasteiger partial charge in [0.25, 0.3) is 0 Å². The minimum absolute atomic E-state index is 0.0445. The van der Waals surface area contributed by atoms with Gasteiger partial charge in [0.1, 0.15) is 0 Å². The van der Waals surface area contributed by atoms with E-state index in [-0.39, 0.29) is 11.8 Å². The standard InChI is InChI=1S/C14H26N4O2/c15-11-5-8-18(9-6-11)10-14(20)16-7-1-2-13(19)17-12-3-4-12/h11-12H,1-10,15H2,(H,16,20)(H,17,19). The van der Waals surface area contributed by atoms with E-state index in [2.05, 4.69) is 15.5 Å². The maximum Gasteiger partial charge on any atom is 0.234 e. The molecule has 1 aliphatic carbocycles. The number of carbonyl (C=O) groups is 2. The van der Waals surface area contributed by atoms with Crippen LogP contribution >= 0.6 is 0 Å². The Morgan fingerprint density at radius 2 is 1.80 bits per heavy atom. The van der Waals surface area contributed by atoms with Gasteiger partial charge >= 0.3 is 0 Å². The summed E-state index contributed by atoms with van der Waals surface area (Å²) >= 11 is 0. The summed E-state index contributed by atoms with van der Waals surface area (Å²) in [6.07, 6.45) is 5.36. The van der Waals surface area contributed by atoms with Crippen molar-refractivity contribution in [2.24, 2.45) is 5.73 Å². The van der Waals surface area contributed by atoms with Gasteiger partial charge in [0, 0.05) is 38.1 Å². The van der Waals surface area contributed by atoms with Crippen LogP contribution in [0.3, 0.4) is 0 Å². The molecule has 0 bridgehead atoms. The fourth-order valence-corrected chi connectivity index (χ4v) is 2.37. The molecule has 0 unspecified atom stereocenters. The first kappa shape index (κ1) is 15.3. The molecule has 0 spiro atoms. The molecule has 6 heteroatoms. The largest absolute Gasteiger partial charge is 0.355 e. The lowest BCUT2D eigenvalue weighted by molar-refractivity contribution is -0.123. The Hall–Kier alpha value is -1.14. The van der Waals surface area contributed by atoms with Crippen molar-refractivity contribution in [3.05, 3.63) is 0 Å². The zero-order valence-electron chi connectivity index (χ0n) is 12.1. The number of rotatable bonds is 7. The molecule has 0 aromatic rings. The van der Waals surface area contributed by atoms with Crippen LogP contribution in [0.1, 0.15) is 38.5 Å². The number of carbonyl (C=O) groups excluding carboxylic acids is 2. The molecule has 114 valence electrons. The van der Waals surface area contributed by atoms with E-state index < -0.39 is 0 Å². The highest BCUT2D eigenvalue weighted by atomic mass is 16.2. The van der Waals surface area contributed by atoms with E-state index in [1.807, 2.05) is 0 Å². The van der Waals surface area contributed by atoms with Crippen LogP contribution in [0.4, 0.5) is 0 Å². The number of piperidine rings is 1. The Bertz CT molecular complexity index is 336. The fourth-order valence-electron chi connectivity index (χ4n) is 2.37. The van der Waals surface area contributed by atoms with Gasteiger partial charge in [-0.05, 0) is 32.1 Å². The molecule has 2 fully saturated rings. The summed E-state index contributed by atoms with van der Waals surface area (Å²) in [6, 6.07) is 0.710. The third-order valence-electron chi connectivity index (χ3n) is 3.84. The van der Waals surface area contributed by atoms with E-state index in [4.69, 9.17) is 5.73 Å². The lowest BCUT2D eigenvalue weighted by atomic mass is 10.1. The van der Waals surface area contributed by atoms with Gasteiger partial charge in [0.2, 0.25) is 11.8 Å². The first-order valence-corrected chi connectivity index (χ1v) is 7.67. The van der Waals surface area contributed by atoms with E-state index in [1.165, 1.54) is 0 Å². The summed E-state index contributed by atoms with van der Waals surface area (Å²) in [5.41, 5.74) is 5.83. The summed E-state index contributed by atoms with van der Waals surface area (Å²) in [7, 11) is 0. The van der Waals surface area contributed by atoms with Gasteiger partial charge in [-0.3, -0.25) is 14.5 Å². The van der Waals surface area contributed by atoms with Gasteiger partial charge in [-0.25, -0.2) is 0 Å². The van der Waals surface area contributed by atoms with E-state index in [1.54, 1.807) is 0 Å². The van der Waals surface area contributed by atoms with Crippen molar-refractivity contribution in [3.8, 4) is 0 Å². The van der Waals surface area contributed by atoms with Crippen molar-refractivity contribution in [1.29, 1.82) is 0 Å². The molecule has 0 atom stereocenters. The minimum atomic E-state index is 0.0445. The van der Waals surface area contributed by atoms with Gasteiger partial charge in [0.15, 0.2) is 0 Å². The molecule has 20 heavy (non-hydrogen) atoms. The lowest BCUT2D eigenvalue weighted by Crippen LogP contribution is -2.44. The van der Waals surface area contributed by atoms with E-state index in [9.17, 15) is 9.59 Å². The molecule has 2 aliphatic rings. The number of amides is 2. The van der Waals surface area contributed by atoms with Crippen LogP contribution in [0, 0.1) is 0 Å². The highest BCUT2D eigenvalue weighted by Gasteiger charge is 2.22. The fraction of sp³-hybridized carbons (Fsp3) is 0.857. The Morgan fingerprint density at radius 3 is 2.45 bits per heavy atom. The first-order valence-electron chi connectivity index (χ1n) is 7.67. The van der Waals surface area contributed by atoms with Crippen LogP contribution in [0.25, 0.3) is 0 Å². The van der Waals surface area contributed by atoms with Crippen molar-refractivity contribution in [1.82, 2.24) is 15.5 Å². The number of nitrogens with one attached hydrogen (secondary N) is 2. The molecule has 0 radical (unpaired) electrons. The summed E-state index contributed by atoms with van der Waals surface area (Å²) < 4.78 is 0. The molecule has 2 amide bonds. The van der Waals surface area contributed by atoms with Crippen LogP contribution in [0.2, 0.25) is 0 Å². The summed E-state index contributed by atoms with van der Waals surface area (Å²) in [6.45, 7) is 2.82. The molecule has 1 saturated heterocycles. The van der Waals surface area contributed by atoms with Crippen molar-refractivity contribution >= 4 is 11.8 Å². The highest BCUT2D eigenvalue weighted by Crippen LogP contribution is 2.18. The van der Waals surface area contributed by atoms with Gasteiger partial charge in [-0.15, -0.1) is 0 Å². The monoisotopic (exact) mass is 282 g/mol. The van der Waals surface area contributed by atoms with Gasteiger partial charge in [-0.2, -0.15) is 0 Å². The average Bonchev–Trinajstić information content (AvgIpc) is 3.21. The molecule has 1 saturated carbocycles. The topological polar surface area (TPSA) is 87.5 Å². The first-order chi connectivity index (χ1) is 9.63. The predicted octanol–water partition coefficient (Wildman–Crippen LogP) is -0.415. The molecule has 1 aliphatic heterocycles. The Balaban J connectivity index is 1.48. The molecule has 0 aromatic carbocycles. The third kappa shape index (κ3) is 5.88. The zero-order valence-corrected chi connectivity index (χ0v) is 12.1. The maximum absolute atomic E-state index is 11.7. The molecule has 1 heterocycles. The summed E-state index contributed by atoms with van der Waals surface area (Å²) in [5, 5.41) is 5.81. The van der Waals surface area contributed by atoms with Gasteiger partial charge in [-0.1, -0.05) is 0 Å². The van der Waals surface area contributed by atoms with Crippen LogP contribution in [0.15, 0.2) is 0 Å². The second-order valence-corrected chi connectivity index (χ2v) is 5.91. The molecule has 2 rings (SSSR count). The average molecular weight is 282 g/mol. The highest BCUT2D eigenvalue weighted by molar-refractivity contribution is 5.78. The number of nitrogens with zero attached hydrogens (tertiary/aromatic N) is 1. The van der Waals surface area contributed by atoms with Crippen molar-refractivity contribution < 1.29 is 9.59 Å². The normalized spacial score (nSPS) is 20.6. The summed E-state index contributed by atoms with van der Waals surface area (Å²) in [4.78, 5) is 25.3. The molecular formula is C14H26N4O2. The van der Waals surface area contributed by atoms with Crippen molar-refractivity contribution in [2.45, 2.75) is 50.6 Å². The van der Waals surface area contributed by atoms with Gasteiger partial charge < -0.3 is 16.4 Å². The third-order valence-corrected chi connectivity index (χ3v) is 3.84.